The summed E-state index contributed by atoms with van der Waals surface area (Å²) in [6.45, 7) is 2.62. The number of esters is 1. The van der Waals surface area contributed by atoms with Crippen molar-refractivity contribution in [3.05, 3.63) is 75.8 Å². The fourth-order valence-electron chi connectivity index (χ4n) is 3.74. The molecule has 196 valence electrons. The van der Waals surface area contributed by atoms with Crippen LogP contribution in [0.1, 0.15) is 25.0 Å². The van der Waals surface area contributed by atoms with Gasteiger partial charge in [0.2, 0.25) is 12.1 Å². The number of β-lactam (4-membered cyclic amide) rings is 1. The third-order valence-electron chi connectivity index (χ3n) is 5.50. The first kappa shape index (κ1) is 27.6. The Balaban J connectivity index is 1.63. The molecule has 0 saturated carbocycles. The fraction of sp³-hybridized carbons (Fsp3) is 0.333. The van der Waals surface area contributed by atoms with Crippen LogP contribution in [0.2, 0.25) is 0 Å². The number of alkyl carbamates (subject to hydrolysis) is 1. The number of hydrogen-bond donors (Lipinski definition) is 2. The van der Waals surface area contributed by atoms with Crippen molar-refractivity contribution in [1.82, 2.24) is 10.2 Å². The lowest BCUT2D eigenvalue weighted by atomic mass is 9.91. The van der Waals surface area contributed by atoms with E-state index in [-0.39, 0.29) is 24.0 Å². The van der Waals surface area contributed by atoms with Crippen molar-refractivity contribution in [1.29, 1.82) is 0 Å². The zero-order valence-corrected chi connectivity index (χ0v) is 20.8. The lowest BCUT2D eigenvalue weighted by molar-refractivity contribution is -0.384. The third kappa shape index (κ3) is 7.05. The first-order valence-electron chi connectivity index (χ1n) is 11.1. The normalized spacial score (nSPS) is 18.2. The molecule has 13 heteroatoms. The molecule has 2 aromatic carbocycles. The Hall–Kier alpha value is -3.97. The number of amides is 2. The second-order valence-electron chi connectivity index (χ2n) is 8.14. The van der Waals surface area contributed by atoms with Gasteiger partial charge >= 0.3 is 12.1 Å². The number of rotatable bonds is 10. The molecule has 2 amide bonds. The van der Waals surface area contributed by atoms with Gasteiger partial charge in [0.15, 0.2) is 5.12 Å². The van der Waals surface area contributed by atoms with Crippen LogP contribution in [0.25, 0.3) is 0 Å². The van der Waals surface area contributed by atoms with Crippen LogP contribution in [0.3, 0.4) is 0 Å². The number of nitro groups is 1. The third-order valence-corrected chi connectivity index (χ3v) is 6.49. The molecule has 0 spiro atoms. The molecule has 1 heterocycles. The Bertz CT molecular complexity index is 1160. The van der Waals surface area contributed by atoms with Gasteiger partial charge in [-0.3, -0.25) is 24.6 Å². The lowest BCUT2D eigenvalue weighted by Gasteiger charge is -2.50. The number of non-ortho nitro benzene ring substituents is 1. The number of carbonyl (C=O) groups excluding carboxylic acids is 4. The summed E-state index contributed by atoms with van der Waals surface area (Å²) in [6, 6.07) is 12.1. The summed E-state index contributed by atoms with van der Waals surface area (Å²) in [4.78, 5) is 60.3. The van der Waals surface area contributed by atoms with Crippen molar-refractivity contribution >= 4 is 40.5 Å². The fourth-order valence-corrected chi connectivity index (χ4v) is 4.69. The van der Waals surface area contributed by atoms with Crippen molar-refractivity contribution in [2.75, 3.05) is 0 Å². The molecule has 1 saturated heterocycles. The van der Waals surface area contributed by atoms with Crippen molar-refractivity contribution in [2.24, 2.45) is 0 Å². The maximum atomic E-state index is 12.8. The Kier molecular flexibility index (Phi) is 9.20. The van der Waals surface area contributed by atoms with E-state index in [1.807, 2.05) is 6.07 Å². The summed E-state index contributed by atoms with van der Waals surface area (Å²) in [5, 5.41) is 22.9. The molecule has 0 bridgehead atoms. The predicted octanol–water partition coefficient (Wildman–Crippen LogP) is 2.13. The van der Waals surface area contributed by atoms with Gasteiger partial charge in [0.05, 0.1) is 11.0 Å². The second-order valence-corrected chi connectivity index (χ2v) is 9.69. The van der Waals surface area contributed by atoms with Gasteiger partial charge < -0.3 is 19.9 Å². The highest BCUT2D eigenvalue weighted by Gasteiger charge is 2.55. The monoisotopic (exact) mass is 531 g/mol. The number of thioether (sulfide) groups is 1. The van der Waals surface area contributed by atoms with Crippen molar-refractivity contribution in [2.45, 2.75) is 50.6 Å². The van der Waals surface area contributed by atoms with Gasteiger partial charge in [0.1, 0.15) is 19.3 Å². The van der Waals surface area contributed by atoms with E-state index < -0.39 is 46.5 Å². The maximum absolute atomic E-state index is 12.8. The number of nitro benzene ring substituents is 1. The zero-order chi connectivity index (χ0) is 27.1. The van der Waals surface area contributed by atoms with Gasteiger partial charge in [-0.2, -0.15) is 0 Å². The van der Waals surface area contributed by atoms with Crippen LogP contribution in [0, 0.1) is 10.1 Å². The van der Waals surface area contributed by atoms with E-state index in [0.29, 0.717) is 5.56 Å². The summed E-state index contributed by atoms with van der Waals surface area (Å²) in [7, 11) is 0. The Labute approximate surface area is 216 Å². The number of aliphatic hydroxyl groups excluding tert-OH is 1. The number of hydrogen-bond acceptors (Lipinski definition) is 10. The molecule has 4 atom stereocenters. The van der Waals surface area contributed by atoms with Crippen LogP contribution in [-0.4, -0.2) is 61.6 Å². The Morgan fingerprint density at radius 1 is 1.08 bits per heavy atom. The number of nitrogens with zero attached hydrogens (tertiary/aromatic N) is 2. The smallest absolute Gasteiger partial charge is 0.408 e. The minimum absolute atomic E-state index is 0.0304. The van der Waals surface area contributed by atoms with E-state index in [9.17, 15) is 34.4 Å². The molecular formula is C24H25N3O9S. The summed E-state index contributed by atoms with van der Waals surface area (Å²) < 4.78 is 10.2. The van der Waals surface area contributed by atoms with Crippen molar-refractivity contribution in [3.8, 4) is 0 Å². The summed E-state index contributed by atoms with van der Waals surface area (Å²) in [5.74, 6) is -1.89. The van der Waals surface area contributed by atoms with Crippen molar-refractivity contribution < 1.29 is 38.7 Å². The first-order chi connectivity index (χ1) is 17.6. The number of aliphatic hydroxyl groups is 1. The molecule has 12 nitrogen and oxygen atoms in total. The SMILES string of the molecule is CC(=O)S[C@H](C)[C@H]1[C@H](NC(=O)OCc2ccccc2)C(=O)N1C(O)C(=O)OCc1ccc([N+](=O)[O-])cc1. The molecule has 1 aliphatic heterocycles. The second kappa shape index (κ2) is 12.3. The Morgan fingerprint density at radius 2 is 1.68 bits per heavy atom. The largest absolute Gasteiger partial charge is 0.457 e. The maximum Gasteiger partial charge on any atom is 0.408 e. The van der Waals surface area contributed by atoms with Crippen LogP contribution in [0.15, 0.2) is 54.6 Å². The van der Waals surface area contributed by atoms with E-state index in [1.165, 1.54) is 31.2 Å². The molecular weight excluding hydrogens is 506 g/mol. The molecule has 0 aromatic heterocycles. The molecule has 0 aliphatic carbocycles. The highest BCUT2D eigenvalue weighted by molar-refractivity contribution is 8.14. The molecule has 0 radical (unpaired) electrons. The first-order valence-corrected chi connectivity index (χ1v) is 12.0. The minimum atomic E-state index is -2.00. The summed E-state index contributed by atoms with van der Waals surface area (Å²) in [5.41, 5.74) is 1.03. The molecule has 1 aliphatic rings. The van der Waals surface area contributed by atoms with Crippen LogP contribution in [0.5, 0.6) is 0 Å². The molecule has 3 rings (SSSR count). The average molecular weight is 532 g/mol. The molecule has 1 unspecified atom stereocenters. The van der Waals surface area contributed by atoms with E-state index in [2.05, 4.69) is 5.32 Å². The Morgan fingerprint density at radius 3 is 2.27 bits per heavy atom. The quantitative estimate of drug-likeness (QED) is 0.201. The number of likely N-dealkylation sites (tertiary alicyclic amines) is 1. The molecule has 2 N–H and O–H groups in total. The average Bonchev–Trinajstić information content (AvgIpc) is 2.87. The van der Waals surface area contributed by atoms with E-state index in [0.717, 1.165) is 22.2 Å². The van der Waals surface area contributed by atoms with Gasteiger partial charge in [0, 0.05) is 24.3 Å². The van der Waals surface area contributed by atoms with E-state index in [1.54, 1.807) is 31.2 Å². The number of nitrogens with one attached hydrogen (secondary N) is 1. The van der Waals surface area contributed by atoms with Crippen molar-refractivity contribution in [3.63, 3.8) is 0 Å². The van der Waals surface area contributed by atoms with Crippen LogP contribution < -0.4 is 5.32 Å². The van der Waals surface area contributed by atoms with Crippen LogP contribution >= 0.6 is 11.8 Å². The summed E-state index contributed by atoms with van der Waals surface area (Å²) >= 11 is 0.885. The van der Waals surface area contributed by atoms with Gasteiger partial charge in [-0.05, 0) is 23.3 Å². The lowest BCUT2D eigenvalue weighted by Crippen LogP contribution is -2.76. The van der Waals surface area contributed by atoms with E-state index >= 15 is 0 Å². The minimum Gasteiger partial charge on any atom is -0.457 e. The predicted molar refractivity (Wildman–Crippen MR) is 131 cm³/mol. The van der Waals surface area contributed by atoms with Crippen LogP contribution in [-0.2, 0) is 37.1 Å². The van der Waals surface area contributed by atoms with Crippen LogP contribution in [0.4, 0.5) is 10.5 Å². The standard InChI is InChI=1S/C24H25N3O9S/c1-14(37-15(2)28)20-19(25-24(32)36-13-16-6-4-3-5-7-16)21(29)26(20)22(30)23(31)35-12-17-8-10-18(11-9-17)27(33)34/h3-11,14,19-20,22,30H,12-13H2,1-2H3,(H,25,32)/t14-,19+,20+,22?/m1/s1. The number of ether oxygens (including phenoxy) is 2. The van der Waals surface area contributed by atoms with Gasteiger partial charge in [0.25, 0.3) is 5.69 Å². The molecule has 2 aromatic rings. The topological polar surface area (TPSA) is 165 Å². The molecule has 37 heavy (non-hydrogen) atoms. The summed E-state index contributed by atoms with van der Waals surface area (Å²) in [6.07, 6.45) is -2.87. The van der Waals surface area contributed by atoms with Gasteiger partial charge in [-0.25, -0.2) is 9.59 Å². The zero-order valence-electron chi connectivity index (χ0n) is 19.9. The molecule has 1 fully saturated rings. The highest BCUT2D eigenvalue weighted by Crippen LogP contribution is 2.32. The van der Waals surface area contributed by atoms with Gasteiger partial charge in [-0.1, -0.05) is 49.0 Å². The van der Waals surface area contributed by atoms with Gasteiger partial charge in [-0.15, -0.1) is 0 Å². The van der Waals surface area contributed by atoms with E-state index in [4.69, 9.17) is 9.47 Å². The number of carbonyl (C=O) groups is 4. The highest BCUT2D eigenvalue weighted by atomic mass is 32.2. The number of benzene rings is 2.